The molecule has 1 amide bonds. The van der Waals surface area contributed by atoms with E-state index in [1.54, 1.807) is 6.92 Å². The maximum Gasteiger partial charge on any atom is 0.407 e. The van der Waals surface area contributed by atoms with Gasteiger partial charge in [-0.25, -0.2) is 4.79 Å². The molecular formula is C5H9NO3. The molecule has 4 heteroatoms. The van der Waals surface area contributed by atoms with Crippen LogP contribution in [0.2, 0.25) is 0 Å². The van der Waals surface area contributed by atoms with Crippen molar-refractivity contribution in [3.63, 3.8) is 0 Å². The molecule has 0 aliphatic rings. The van der Waals surface area contributed by atoms with E-state index in [0.29, 0.717) is 12.9 Å². The van der Waals surface area contributed by atoms with Crippen LogP contribution in [0, 0.1) is 0 Å². The standard InChI is InChI=1S/C5H9NO3/c1-2-9-5(8)6-3-4-7/h4H,2-3H2,1H3,(H,6,8). The van der Waals surface area contributed by atoms with E-state index in [0.717, 1.165) is 0 Å². The number of hydrogen-bond donors (Lipinski definition) is 1. The largest absolute Gasteiger partial charge is 0.450 e. The Kier molecular flexibility index (Phi) is 4.49. The predicted octanol–water partition coefficient (Wildman–Crippen LogP) is -0.0686. The zero-order chi connectivity index (χ0) is 7.11. The maximum atomic E-state index is 10.3. The summed E-state index contributed by atoms with van der Waals surface area (Å²) in [6.45, 7) is 2.03. The van der Waals surface area contributed by atoms with Gasteiger partial charge in [-0.1, -0.05) is 0 Å². The molecule has 0 saturated heterocycles. The van der Waals surface area contributed by atoms with E-state index in [1.807, 2.05) is 0 Å². The van der Waals surface area contributed by atoms with Gasteiger partial charge in [0, 0.05) is 0 Å². The van der Waals surface area contributed by atoms with Gasteiger partial charge in [-0.05, 0) is 6.92 Å². The van der Waals surface area contributed by atoms with E-state index in [4.69, 9.17) is 0 Å². The van der Waals surface area contributed by atoms with Gasteiger partial charge >= 0.3 is 6.09 Å². The van der Waals surface area contributed by atoms with Crippen LogP contribution in [-0.2, 0) is 9.53 Å². The fraction of sp³-hybridized carbons (Fsp3) is 0.600. The van der Waals surface area contributed by atoms with Gasteiger partial charge in [-0.15, -0.1) is 0 Å². The highest BCUT2D eigenvalue weighted by Crippen LogP contribution is 1.72. The second kappa shape index (κ2) is 5.08. The van der Waals surface area contributed by atoms with Gasteiger partial charge in [-0.2, -0.15) is 0 Å². The summed E-state index contributed by atoms with van der Waals surface area (Å²) in [5.74, 6) is 0. The van der Waals surface area contributed by atoms with Crippen LogP contribution in [-0.4, -0.2) is 25.5 Å². The Hall–Kier alpha value is -1.06. The molecule has 9 heavy (non-hydrogen) atoms. The van der Waals surface area contributed by atoms with Gasteiger partial charge in [0.05, 0.1) is 13.2 Å². The summed E-state index contributed by atoms with van der Waals surface area (Å²) < 4.78 is 4.44. The third-order valence-electron chi connectivity index (χ3n) is 0.605. The molecule has 4 nitrogen and oxygen atoms in total. The zero-order valence-electron chi connectivity index (χ0n) is 5.22. The van der Waals surface area contributed by atoms with E-state index >= 15 is 0 Å². The number of carbonyl (C=O) groups excluding carboxylic acids is 2. The van der Waals surface area contributed by atoms with Crippen molar-refractivity contribution in [1.29, 1.82) is 0 Å². The second-order valence-electron chi connectivity index (χ2n) is 1.27. The van der Waals surface area contributed by atoms with Crippen molar-refractivity contribution in [2.45, 2.75) is 6.92 Å². The SMILES string of the molecule is CCOC(=O)NCC=O. The third kappa shape index (κ3) is 4.80. The molecule has 0 saturated carbocycles. The summed E-state index contributed by atoms with van der Waals surface area (Å²) in [5, 5.41) is 2.20. The number of aldehydes is 1. The Morgan fingerprint density at radius 1 is 1.78 bits per heavy atom. The number of hydrogen-bond acceptors (Lipinski definition) is 3. The minimum atomic E-state index is -0.551. The molecule has 0 aromatic rings. The summed E-state index contributed by atoms with van der Waals surface area (Å²) in [7, 11) is 0. The first-order valence-electron chi connectivity index (χ1n) is 2.65. The van der Waals surface area contributed by atoms with Crippen LogP contribution in [0.5, 0.6) is 0 Å². The first kappa shape index (κ1) is 7.94. The van der Waals surface area contributed by atoms with E-state index in [1.165, 1.54) is 0 Å². The Balaban J connectivity index is 3.16. The van der Waals surface area contributed by atoms with E-state index in [9.17, 15) is 9.59 Å². The highest BCUT2D eigenvalue weighted by Gasteiger charge is 1.94. The van der Waals surface area contributed by atoms with E-state index in [2.05, 4.69) is 10.1 Å². The van der Waals surface area contributed by atoms with Crippen LogP contribution in [0.15, 0.2) is 0 Å². The molecule has 0 spiro atoms. The molecule has 52 valence electrons. The van der Waals surface area contributed by atoms with Crippen molar-refractivity contribution in [3.05, 3.63) is 0 Å². The van der Waals surface area contributed by atoms with Crippen molar-refractivity contribution in [2.75, 3.05) is 13.2 Å². The van der Waals surface area contributed by atoms with Gasteiger partial charge < -0.3 is 14.8 Å². The van der Waals surface area contributed by atoms with Crippen LogP contribution >= 0.6 is 0 Å². The number of nitrogens with one attached hydrogen (secondary N) is 1. The number of rotatable bonds is 3. The summed E-state index contributed by atoms with van der Waals surface area (Å²) in [6, 6.07) is 0. The molecule has 0 aliphatic carbocycles. The summed E-state index contributed by atoms with van der Waals surface area (Å²) in [4.78, 5) is 20.0. The number of carbonyl (C=O) groups is 2. The third-order valence-corrected chi connectivity index (χ3v) is 0.605. The van der Waals surface area contributed by atoms with Crippen LogP contribution in [0.1, 0.15) is 6.92 Å². The van der Waals surface area contributed by atoms with Crippen LogP contribution < -0.4 is 5.32 Å². The van der Waals surface area contributed by atoms with Gasteiger partial charge in [0.15, 0.2) is 0 Å². The van der Waals surface area contributed by atoms with E-state index < -0.39 is 6.09 Å². The Labute approximate surface area is 53.2 Å². The Morgan fingerprint density at radius 2 is 2.44 bits per heavy atom. The van der Waals surface area contributed by atoms with Crippen molar-refractivity contribution >= 4 is 12.4 Å². The molecule has 0 bridgehead atoms. The average Bonchev–Trinajstić information content (AvgIpc) is 1.85. The summed E-state index contributed by atoms with van der Waals surface area (Å²) in [5.41, 5.74) is 0. The van der Waals surface area contributed by atoms with Crippen molar-refractivity contribution in [3.8, 4) is 0 Å². The minimum absolute atomic E-state index is 0.0127. The van der Waals surface area contributed by atoms with E-state index in [-0.39, 0.29) is 6.54 Å². The van der Waals surface area contributed by atoms with Crippen molar-refractivity contribution in [2.24, 2.45) is 0 Å². The first-order valence-corrected chi connectivity index (χ1v) is 2.65. The molecule has 1 N–H and O–H groups in total. The topological polar surface area (TPSA) is 55.4 Å². The monoisotopic (exact) mass is 131 g/mol. The van der Waals surface area contributed by atoms with Gasteiger partial charge in [0.1, 0.15) is 6.29 Å². The quantitative estimate of drug-likeness (QED) is 0.545. The number of alkyl carbamates (subject to hydrolysis) is 1. The fourth-order valence-corrected chi connectivity index (χ4v) is 0.307. The lowest BCUT2D eigenvalue weighted by molar-refractivity contribution is -0.107. The normalized spacial score (nSPS) is 8.11. The molecule has 0 aliphatic heterocycles. The Morgan fingerprint density at radius 3 is 2.89 bits per heavy atom. The molecule has 0 atom stereocenters. The zero-order valence-corrected chi connectivity index (χ0v) is 5.22. The van der Waals surface area contributed by atoms with Crippen LogP contribution in [0.4, 0.5) is 4.79 Å². The van der Waals surface area contributed by atoms with Gasteiger partial charge in [-0.3, -0.25) is 0 Å². The number of amides is 1. The lowest BCUT2D eigenvalue weighted by Crippen LogP contribution is -2.25. The summed E-state index contributed by atoms with van der Waals surface area (Å²) in [6.07, 6.45) is 0.0429. The molecule has 0 rings (SSSR count). The molecule has 0 radical (unpaired) electrons. The second-order valence-corrected chi connectivity index (χ2v) is 1.27. The molecule has 0 unspecified atom stereocenters. The van der Waals surface area contributed by atoms with Crippen LogP contribution in [0.25, 0.3) is 0 Å². The fourth-order valence-electron chi connectivity index (χ4n) is 0.307. The molecule has 0 fully saturated rings. The first-order chi connectivity index (χ1) is 4.31. The highest BCUT2D eigenvalue weighted by molar-refractivity contribution is 5.70. The summed E-state index contributed by atoms with van der Waals surface area (Å²) >= 11 is 0. The minimum Gasteiger partial charge on any atom is -0.450 e. The van der Waals surface area contributed by atoms with Gasteiger partial charge in [0.25, 0.3) is 0 Å². The predicted molar refractivity (Wildman–Crippen MR) is 31.1 cm³/mol. The maximum absolute atomic E-state index is 10.3. The molecule has 0 aromatic heterocycles. The molecule has 0 heterocycles. The molecular weight excluding hydrogens is 122 g/mol. The van der Waals surface area contributed by atoms with Crippen molar-refractivity contribution in [1.82, 2.24) is 5.32 Å². The van der Waals surface area contributed by atoms with Gasteiger partial charge in [0.2, 0.25) is 0 Å². The Bertz CT molecular complexity index is 102. The average molecular weight is 131 g/mol. The lowest BCUT2D eigenvalue weighted by Gasteiger charge is -1.98. The van der Waals surface area contributed by atoms with Crippen molar-refractivity contribution < 1.29 is 14.3 Å². The smallest absolute Gasteiger partial charge is 0.407 e. The van der Waals surface area contributed by atoms with Crippen LogP contribution in [0.3, 0.4) is 0 Å². The highest BCUT2D eigenvalue weighted by atomic mass is 16.5. The number of ether oxygens (including phenoxy) is 1. The molecule has 0 aromatic carbocycles. The lowest BCUT2D eigenvalue weighted by atomic mass is 10.7.